The van der Waals surface area contributed by atoms with Gasteiger partial charge in [-0.2, -0.15) is 0 Å². The molecule has 2 heteroatoms. The quantitative estimate of drug-likeness (QED) is 0.338. The van der Waals surface area contributed by atoms with Gasteiger partial charge in [-0.15, -0.1) is 0 Å². The van der Waals surface area contributed by atoms with Gasteiger partial charge in [0.1, 0.15) is 0 Å². The van der Waals surface area contributed by atoms with Crippen molar-refractivity contribution in [3.63, 3.8) is 0 Å². The lowest BCUT2D eigenvalue weighted by molar-refractivity contribution is 0.554. The van der Waals surface area contributed by atoms with E-state index in [0.29, 0.717) is 9.52 Å². The number of unbranched alkanes of at least 4 members (excludes halogenated alkanes) is 10. The molecule has 0 aromatic heterocycles. The first-order valence-electron chi connectivity index (χ1n) is 9.66. The standard InChI is InChI=1S/C14H32Si.C6H7N/c1-3-4-5-6-7-8-9-10-11-12-13-14-15-2;1-2-4-6-7-5-3-1/h3-15H2,1-2H3;1-7H. The first-order valence-corrected chi connectivity index (χ1v) is 12.1. The summed E-state index contributed by atoms with van der Waals surface area (Å²) in [5, 5.41) is 2.92. The average molecular weight is 322 g/mol. The molecule has 1 N–H and O–H groups in total. The van der Waals surface area contributed by atoms with Crippen molar-refractivity contribution < 1.29 is 0 Å². The van der Waals surface area contributed by atoms with Crippen LogP contribution in [0, 0.1) is 0 Å². The van der Waals surface area contributed by atoms with Crippen LogP contribution in [-0.4, -0.2) is 9.52 Å². The Hall–Kier alpha value is -0.763. The van der Waals surface area contributed by atoms with E-state index in [2.05, 4.69) is 18.8 Å². The van der Waals surface area contributed by atoms with Crippen molar-refractivity contribution in [2.45, 2.75) is 90.1 Å². The first kappa shape index (κ1) is 21.2. The summed E-state index contributed by atoms with van der Waals surface area (Å²) in [7, 11) is 0.358. The normalized spacial score (nSPS) is 13.0. The summed E-state index contributed by atoms with van der Waals surface area (Å²) in [6.07, 6.45) is 27.9. The molecule has 128 valence electrons. The molecule has 1 heterocycles. The topological polar surface area (TPSA) is 12.0 Å². The van der Waals surface area contributed by atoms with Crippen LogP contribution in [0.3, 0.4) is 0 Å². The first-order chi connectivity index (χ1) is 10.9. The molecule has 0 aromatic rings. The van der Waals surface area contributed by atoms with E-state index >= 15 is 0 Å². The van der Waals surface area contributed by atoms with E-state index in [1.807, 2.05) is 36.7 Å². The molecular weight excluding hydrogens is 282 g/mol. The van der Waals surface area contributed by atoms with Gasteiger partial charge < -0.3 is 5.32 Å². The zero-order valence-electron chi connectivity index (χ0n) is 15.2. The van der Waals surface area contributed by atoms with Gasteiger partial charge in [0.05, 0.1) is 0 Å². The monoisotopic (exact) mass is 321 g/mol. The Labute approximate surface area is 142 Å². The molecule has 0 fully saturated rings. The lowest BCUT2D eigenvalue weighted by atomic mass is 10.1. The number of nitrogens with one attached hydrogen (secondary N) is 1. The molecule has 0 radical (unpaired) electrons. The lowest BCUT2D eigenvalue weighted by Gasteiger charge is -2.01. The van der Waals surface area contributed by atoms with Crippen LogP contribution in [0.4, 0.5) is 0 Å². The molecule has 0 bridgehead atoms. The van der Waals surface area contributed by atoms with Crippen LogP contribution in [0.25, 0.3) is 0 Å². The second kappa shape index (κ2) is 20.2. The number of rotatable bonds is 12. The van der Waals surface area contributed by atoms with Crippen LogP contribution < -0.4 is 5.32 Å². The molecule has 0 atom stereocenters. The van der Waals surface area contributed by atoms with Crippen molar-refractivity contribution in [1.82, 2.24) is 5.32 Å². The molecule has 0 spiro atoms. The smallest absolute Gasteiger partial charge is 0.0166 e. The van der Waals surface area contributed by atoms with Crippen molar-refractivity contribution in [2.24, 2.45) is 0 Å². The maximum atomic E-state index is 2.92. The molecule has 0 unspecified atom stereocenters. The second-order valence-corrected chi connectivity index (χ2v) is 7.87. The van der Waals surface area contributed by atoms with Crippen LogP contribution in [0.5, 0.6) is 0 Å². The molecule has 22 heavy (non-hydrogen) atoms. The Balaban J connectivity index is 0.000000518. The Morgan fingerprint density at radius 2 is 1.09 bits per heavy atom. The SMILES string of the molecule is C1=CC=CNC=C1.CCCCCCCCCCCCC[SiH2]C. The predicted octanol–water partition coefficient (Wildman–Crippen LogP) is 6.11. The number of allylic oxidation sites excluding steroid dienone is 4. The zero-order chi connectivity index (χ0) is 16.1. The van der Waals surface area contributed by atoms with E-state index in [0.717, 1.165) is 0 Å². The summed E-state index contributed by atoms with van der Waals surface area (Å²) in [4.78, 5) is 0. The van der Waals surface area contributed by atoms with E-state index in [1.54, 1.807) is 6.04 Å². The van der Waals surface area contributed by atoms with Crippen LogP contribution in [0.15, 0.2) is 36.7 Å². The van der Waals surface area contributed by atoms with Gasteiger partial charge in [0, 0.05) is 21.9 Å². The fourth-order valence-electron chi connectivity index (χ4n) is 2.50. The van der Waals surface area contributed by atoms with Crippen molar-refractivity contribution >= 4 is 9.52 Å². The summed E-state index contributed by atoms with van der Waals surface area (Å²) in [5.41, 5.74) is 0. The van der Waals surface area contributed by atoms with Gasteiger partial charge in [-0.05, 0) is 12.2 Å². The summed E-state index contributed by atoms with van der Waals surface area (Å²) in [5.74, 6) is 0. The zero-order valence-corrected chi connectivity index (χ0v) is 16.6. The maximum Gasteiger partial charge on any atom is 0.0166 e. The minimum absolute atomic E-state index is 0.358. The molecule has 1 rings (SSSR count). The van der Waals surface area contributed by atoms with Gasteiger partial charge in [0.15, 0.2) is 0 Å². The highest BCUT2D eigenvalue weighted by molar-refractivity contribution is 6.33. The van der Waals surface area contributed by atoms with E-state index in [-0.39, 0.29) is 0 Å². The van der Waals surface area contributed by atoms with Crippen LogP contribution >= 0.6 is 0 Å². The van der Waals surface area contributed by atoms with Crippen LogP contribution in [0.1, 0.15) is 77.6 Å². The average Bonchev–Trinajstić information content (AvgIpc) is 2.86. The molecule has 0 aromatic carbocycles. The van der Waals surface area contributed by atoms with Gasteiger partial charge in [-0.3, -0.25) is 0 Å². The summed E-state index contributed by atoms with van der Waals surface area (Å²) < 4.78 is 0. The predicted molar refractivity (Wildman–Crippen MR) is 106 cm³/mol. The second-order valence-electron chi connectivity index (χ2n) is 6.16. The molecular formula is C20H39NSi. The molecule has 0 aliphatic carbocycles. The molecule has 0 amide bonds. The largest absolute Gasteiger partial charge is 0.368 e. The molecule has 0 saturated carbocycles. The van der Waals surface area contributed by atoms with Crippen molar-refractivity contribution in [1.29, 1.82) is 0 Å². The van der Waals surface area contributed by atoms with E-state index in [9.17, 15) is 0 Å². The third-order valence-corrected chi connectivity index (χ3v) is 5.13. The van der Waals surface area contributed by atoms with Gasteiger partial charge in [-0.1, -0.05) is 102 Å². The molecule has 1 aliphatic rings. The molecule has 1 aliphatic heterocycles. The summed E-state index contributed by atoms with van der Waals surface area (Å²) in [6, 6.07) is 1.58. The maximum absolute atomic E-state index is 2.92. The third kappa shape index (κ3) is 19.2. The van der Waals surface area contributed by atoms with E-state index in [1.165, 1.54) is 70.6 Å². The summed E-state index contributed by atoms with van der Waals surface area (Å²) >= 11 is 0. The number of hydrogen-bond donors (Lipinski definition) is 1. The van der Waals surface area contributed by atoms with Gasteiger partial charge in [0.25, 0.3) is 0 Å². The third-order valence-electron chi connectivity index (χ3n) is 3.93. The van der Waals surface area contributed by atoms with Gasteiger partial charge in [-0.25, -0.2) is 0 Å². The number of hydrogen-bond acceptors (Lipinski definition) is 1. The van der Waals surface area contributed by atoms with Gasteiger partial charge >= 0.3 is 0 Å². The van der Waals surface area contributed by atoms with Crippen molar-refractivity contribution in [3.05, 3.63) is 36.7 Å². The Morgan fingerprint density at radius 3 is 1.55 bits per heavy atom. The molecule has 1 nitrogen and oxygen atoms in total. The minimum atomic E-state index is 0.358. The molecule has 0 saturated heterocycles. The Morgan fingerprint density at radius 1 is 0.636 bits per heavy atom. The Bertz CT molecular complexity index is 255. The summed E-state index contributed by atoms with van der Waals surface area (Å²) in [6.45, 7) is 4.72. The highest BCUT2D eigenvalue weighted by atomic mass is 28.2. The lowest BCUT2D eigenvalue weighted by Crippen LogP contribution is -1.87. The fraction of sp³-hybridized carbons (Fsp3) is 0.700. The van der Waals surface area contributed by atoms with Crippen molar-refractivity contribution in [3.8, 4) is 0 Å². The van der Waals surface area contributed by atoms with E-state index < -0.39 is 0 Å². The van der Waals surface area contributed by atoms with Crippen LogP contribution in [-0.2, 0) is 0 Å². The van der Waals surface area contributed by atoms with Gasteiger partial charge in [0.2, 0.25) is 0 Å². The van der Waals surface area contributed by atoms with E-state index in [4.69, 9.17) is 0 Å². The van der Waals surface area contributed by atoms with Crippen molar-refractivity contribution in [2.75, 3.05) is 0 Å². The highest BCUT2D eigenvalue weighted by Crippen LogP contribution is 2.11. The Kier molecular flexibility index (Phi) is 19.5. The van der Waals surface area contributed by atoms with Crippen LogP contribution in [0.2, 0.25) is 12.6 Å². The highest BCUT2D eigenvalue weighted by Gasteiger charge is 1.92. The fourth-order valence-corrected chi connectivity index (χ4v) is 3.35. The minimum Gasteiger partial charge on any atom is -0.368 e.